The summed E-state index contributed by atoms with van der Waals surface area (Å²) in [4.78, 5) is 13.0. The van der Waals surface area contributed by atoms with Crippen molar-refractivity contribution in [3.63, 3.8) is 0 Å². The fourth-order valence-corrected chi connectivity index (χ4v) is 2.70. The first-order chi connectivity index (χ1) is 8.22. The zero-order valence-electron chi connectivity index (χ0n) is 9.83. The van der Waals surface area contributed by atoms with E-state index in [2.05, 4.69) is 10.2 Å². The number of piperazine rings is 1. The quantitative estimate of drug-likeness (QED) is 0.844. The topological polar surface area (TPSA) is 67.6 Å². The first kappa shape index (κ1) is 13.0. The van der Waals surface area contributed by atoms with Crippen molar-refractivity contribution < 1.29 is 9.53 Å². The second-order valence-corrected chi connectivity index (χ2v) is 4.56. The van der Waals surface area contributed by atoms with Gasteiger partial charge in [-0.3, -0.25) is 0 Å². The van der Waals surface area contributed by atoms with Gasteiger partial charge in [-0.1, -0.05) is 0 Å². The molecule has 2 aliphatic rings. The summed E-state index contributed by atoms with van der Waals surface area (Å²) >= 11 is 0. The molecular weight excluding hydrogens is 254 g/mol. The number of rotatable bonds is 2. The normalized spacial score (nSPS) is 24.8. The minimum Gasteiger partial charge on any atom is -0.411 e. The Kier molecular flexibility index (Phi) is 3.63. The Morgan fingerprint density at radius 1 is 1.39 bits per heavy atom. The van der Waals surface area contributed by atoms with E-state index in [1.807, 2.05) is 12.1 Å². The number of nitrogens with zero attached hydrogens (tertiary/aromatic N) is 1. The highest BCUT2D eigenvalue weighted by molar-refractivity contribution is 5.85. The number of amides is 1. The van der Waals surface area contributed by atoms with Gasteiger partial charge in [-0.2, -0.15) is 0 Å². The van der Waals surface area contributed by atoms with E-state index in [0.717, 1.165) is 13.1 Å². The average Bonchev–Trinajstić information content (AvgIpc) is 2.91. The molecule has 98 valence electrons. The lowest BCUT2D eigenvalue weighted by atomic mass is 10.2. The predicted octanol–water partition coefficient (Wildman–Crippen LogP) is 1.12. The van der Waals surface area contributed by atoms with Crippen molar-refractivity contribution in [3.8, 4) is 5.75 Å². The number of nitrogens with two attached hydrogens (primary N) is 1. The van der Waals surface area contributed by atoms with Gasteiger partial charge in [0.25, 0.3) is 0 Å². The van der Waals surface area contributed by atoms with Crippen LogP contribution in [0.3, 0.4) is 0 Å². The van der Waals surface area contributed by atoms with Crippen LogP contribution in [0.2, 0.25) is 0 Å². The minimum atomic E-state index is -0.776. The summed E-state index contributed by atoms with van der Waals surface area (Å²) in [6.45, 7) is 2.12. The van der Waals surface area contributed by atoms with E-state index in [1.165, 1.54) is 12.1 Å². The molecule has 2 atom stereocenters. The van der Waals surface area contributed by atoms with E-state index in [0.29, 0.717) is 17.8 Å². The lowest BCUT2D eigenvalue weighted by molar-refractivity contribution is 0.211. The summed E-state index contributed by atoms with van der Waals surface area (Å²) < 4.78 is 4.80. The molecular formula is C12H16ClN3O2. The number of hydrogen-bond donors (Lipinski definition) is 2. The van der Waals surface area contributed by atoms with Crippen molar-refractivity contribution in [2.24, 2.45) is 5.73 Å². The van der Waals surface area contributed by atoms with E-state index in [1.54, 1.807) is 12.1 Å². The van der Waals surface area contributed by atoms with Crippen molar-refractivity contribution >= 4 is 24.2 Å². The minimum absolute atomic E-state index is 0. The molecule has 2 bridgehead atoms. The number of nitrogens with one attached hydrogen (secondary N) is 1. The van der Waals surface area contributed by atoms with Crippen LogP contribution in [-0.4, -0.2) is 31.3 Å². The van der Waals surface area contributed by atoms with Gasteiger partial charge in [0.05, 0.1) is 0 Å². The standard InChI is InChI=1S/C12H15N3O2.ClH/c13-12(16)17-11-3-1-9(2-4-11)15-7-8-5-10(15)6-14-8;/h1-4,8,10,14H,5-7H2,(H2,13,16);1H/t8-,10-;/m0./s1. The Balaban J connectivity index is 0.00000120. The highest BCUT2D eigenvalue weighted by Gasteiger charge is 2.37. The molecule has 1 aromatic carbocycles. The van der Waals surface area contributed by atoms with Gasteiger partial charge >= 0.3 is 6.09 Å². The van der Waals surface area contributed by atoms with Crippen LogP contribution in [0.25, 0.3) is 0 Å². The second kappa shape index (κ2) is 5.04. The van der Waals surface area contributed by atoms with Crippen LogP contribution < -0.4 is 20.7 Å². The van der Waals surface area contributed by atoms with Crippen molar-refractivity contribution in [2.75, 3.05) is 18.0 Å². The van der Waals surface area contributed by atoms with Gasteiger partial charge in [0.2, 0.25) is 0 Å². The zero-order chi connectivity index (χ0) is 11.8. The number of hydrogen-bond acceptors (Lipinski definition) is 4. The van der Waals surface area contributed by atoms with E-state index in [-0.39, 0.29) is 12.4 Å². The van der Waals surface area contributed by atoms with Gasteiger partial charge in [-0.05, 0) is 30.7 Å². The summed E-state index contributed by atoms with van der Waals surface area (Å²) in [6.07, 6.45) is 0.446. The van der Waals surface area contributed by atoms with Crippen LogP contribution in [0, 0.1) is 0 Å². The molecule has 3 N–H and O–H groups in total. The molecule has 2 aliphatic heterocycles. The lowest BCUT2D eigenvalue weighted by Crippen LogP contribution is -2.43. The molecule has 3 rings (SSSR count). The van der Waals surface area contributed by atoms with Gasteiger partial charge in [-0.25, -0.2) is 4.79 Å². The smallest absolute Gasteiger partial charge is 0.409 e. The van der Waals surface area contributed by atoms with E-state index < -0.39 is 6.09 Å². The maximum absolute atomic E-state index is 10.6. The molecule has 0 aromatic heterocycles. The summed E-state index contributed by atoms with van der Waals surface area (Å²) in [6, 6.07) is 8.72. The lowest BCUT2D eigenvalue weighted by Gasteiger charge is -2.29. The fourth-order valence-electron chi connectivity index (χ4n) is 2.70. The number of fused-ring (bicyclic) bond motifs is 2. The van der Waals surface area contributed by atoms with Crippen LogP contribution in [0.4, 0.5) is 10.5 Å². The average molecular weight is 270 g/mol. The molecule has 2 heterocycles. The molecule has 6 heteroatoms. The Labute approximate surface area is 112 Å². The molecule has 2 saturated heterocycles. The van der Waals surface area contributed by atoms with Crippen LogP contribution in [0.1, 0.15) is 6.42 Å². The molecule has 1 aromatic rings. The molecule has 5 nitrogen and oxygen atoms in total. The molecule has 0 unspecified atom stereocenters. The van der Waals surface area contributed by atoms with Gasteiger partial charge in [0.15, 0.2) is 0 Å². The van der Waals surface area contributed by atoms with Crippen LogP contribution >= 0.6 is 12.4 Å². The summed E-state index contributed by atoms with van der Waals surface area (Å²) in [5.41, 5.74) is 6.13. The summed E-state index contributed by atoms with van der Waals surface area (Å²) in [5, 5.41) is 3.47. The van der Waals surface area contributed by atoms with Crippen molar-refractivity contribution in [1.29, 1.82) is 0 Å². The highest BCUT2D eigenvalue weighted by Crippen LogP contribution is 2.30. The van der Waals surface area contributed by atoms with Crippen molar-refractivity contribution in [3.05, 3.63) is 24.3 Å². The number of carbonyl (C=O) groups is 1. The van der Waals surface area contributed by atoms with Crippen LogP contribution in [-0.2, 0) is 0 Å². The first-order valence-corrected chi connectivity index (χ1v) is 5.80. The number of carbonyl (C=O) groups excluding carboxylic acids is 1. The van der Waals surface area contributed by atoms with Crippen molar-refractivity contribution in [1.82, 2.24) is 5.32 Å². The molecule has 2 fully saturated rings. The number of primary amides is 1. The second-order valence-electron chi connectivity index (χ2n) is 4.56. The third-order valence-electron chi connectivity index (χ3n) is 3.44. The van der Waals surface area contributed by atoms with Gasteiger partial charge in [-0.15, -0.1) is 12.4 Å². The molecule has 0 spiro atoms. The highest BCUT2D eigenvalue weighted by atomic mass is 35.5. The zero-order valence-corrected chi connectivity index (χ0v) is 10.7. The maximum Gasteiger partial charge on any atom is 0.409 e. The van der Waals surface area contributed by atoms with Crippen LogP contribution in [0.15, 0.2) is 24.3 Å². The maximum atomic E-state index is 10.6. The number of ether oxygens (including phenoxy) is 1. The SMILES string of the molecule is Cl.NC(=O)Oc1ccc(N2C[C@@H]3C[C@H]2CN3)cc1. The van der Waals surface area contributed by atoms with Gasteiger partial charge in [0.1, 0.15) is 5.75 Å². The molecule has 0 saturated carbocycles. The monoisotopic (exact) mass is 269 g/mol. The Morgan fingerprint density at radius 3 is 2.61 bits per heavy atom. The van der Waals surface area contributed by atoms with E-state index in [9.17, 15) is 4.79 Å². The van der Waals surface area contributed by atoms with Crippen LogP contribution in [0.5, 0.6) is 5.75 Å². The van der Waals surface area contributed by atoms with Gasteiger partial charge < -0.3 is 20.7 Å². The van der Waals surface area contributed by atoms with Crippen molar-refractivity contribution in [2.45, 2.75) is 18.5 Å². The Morgan fingerprint density at radius 2 is 2.11 bits per heavy atom. The summed E-state index contributed by atoms with van der Waals surface area (Å²) in [5.74, 6) is 0.490. The van der Waals surface area contributed by atoms with E-state index in [4.69, 9.17) is 10.5 Å². The molecule has 0 radical (unpaired) electrons. The number of halogens is 1. The number of benzene rings is 1. The predicted molar refractivity (Wildman–Crippen MR) is 71.4 cm³/mol. The molecule has 18 heavy (non-hydrogen) atoms. The fraction of sp³-hybridized carbons (Fsp3) is 0.417. The molecule has 0 aliphatic carbocycles. The first-order valence-electron chi connectivity index (χ1n) is 5.80. The largest absolute Gasteiger partial charge is 0.411 e. The van der Waals surface area contributed by atoms with Gasteiger partial charge in [0, 0.05) is 30.9 Å². The third kappa shape index (κ3) is 2.37. The van der Waals surface area contributed by atoms with E-state index >= 15 is 0 Å². The Hall–Kier alpha value is -1.46. The third-order valence-corrected chi connectivity index (χ3v) is 3.44. The Bertz CT molecular complexity index is 437. The molecule has 1 amide bonds. The number of anilines is 1. The summed E-state index contributed by atoms with van der Waals surface area (Å²) in [7, 11) is 0.